The molecule has 1 aromatic carbocycles. The van der Waals surface area contributed by atoms with Crippen LogP contribution in [0.1, 0.15) is 50.5 Å². The highest BCUT2D eigenvalue weighted by molar-refractivity contribution is 5.28. The van der Waals surface area contributed by atoms with Crippen molar-refractivity contribution in [2.45, 2.75) is 63.6 Å². The molecule has 28 heavy (non-hydrogen) atoms. The first-order valence-electron chi connectivity index (χ1n) is 11.1. The maximum atomic E-state index is 10.4. The fourth-order valence-electron chi connectivity index (χ4n) is 4.57. The lowest BCUT2D eigenvalue weighted by atomic mass is 9.94. The average molecular weight is 391 g/mol. The van der Waals surface area contributed by atoms with Crippen LogP contribution in [0, 0.1) is 5.92 Å². The van der Waals surface area contributed by atoms with Gasteiger partial charge in [0.2, 0.25) is 0 Å². The third kappa shape index (κ3) is 6.73. The predicted molar refractivity (Wildman–Crippen MR) is 113 cm³/mol. The first-order valence-corrected chi connectivity index (χ1v) is 11.1. The average Bonchev–Trinajstić information content (AvgIpc) is 2.74. The van der Waals surface area contributed by atoms with Crippen molar-refractivity contribution in [1.82, 2.24) is 9.80 Å². The SMILES string of the molecule is CN(CC(O)COc1cccc(CN2CCC(CO)CC2)c1)C1CCCCC1. The molecule has 5 heteroatoms. The number of aliphatic hydroxyl groups excluding tert-OH is 2. The summed E-state index contributed by atoms with van der Waals surface area (Å²) in [5.74, 6) is 1.31. The number of nitrogens with zero attached hydrogens (tertiary/aromatic N) is 2. The Kier molecular flexibility index (Phi) is 8.59. The van der Waals surface area contributed by atoms with Gasteiger partial charge in [0.15, 0.2) is 0 Å². The van der Waals surface area contributed by atoms with Crippen LogP contribution in [0.3, 0.4) is 0 Å². The van der Waals surface area contributed by atoms with Gasteiger partial charge in [-0.1, -0.05) is 31.4 Å². The topological polar surface area (TPSA) is 56.2 Å². The van der Waals surface area contributed by atoms with Gasteiger partial charge < -0.3 is 19.8 Å². The number of hydrogen-bond acceptors (Lipinski definition) is 5. The minimum absolute atomic E-state index is 0.315. The van der Waals surface area contributed by atoms with Gasteiger partial charge in [-0.15, -0.1) is 0 Å². The number of hydrogen-bond donors (Lipinski definition) is 2. The van der Waals surface area contributed by atoms with E-state index in [0.29, 0.717) is 31.7 Å². The first kappa shape index (κ1) is 21.6. The second-order valence-corrected chi connectivity index (χ2v) is 8.75. The van der Waals surface area contributed by atoms with E-state index in [-0.39, 0.29) is 0 Å². The quantitative estimate of drug-likeness (QED) is 0.679. The van der Waals surface area contributed by atoms with Gasteiger partial charge in [0.25, 0.3) is 0 Å². The lowest BCUT2D eigenvalue weighted by Crippen LogP contribution is -2.40. The number of rotatable bonds is 9. The molecule has 1 aliphatic heterocycles. The van der Waals surface area contributed by atoms with Crippen LogP contribution in [-0.2, 0) is 6.54 Å². The molecule has 158 valence electrons. The molecule has 1 atom stereocenters. The van der Waals surface area contributed by atoms with Gasteiger partial charge in [-0.25, -0.2) is 0 Å². The highest BCUT2D eigenvalue weighted by atomic mass is 16.5. The van der Waals surface area contributed by atoms with Crippen molar-refractivity contribution in [3.8, 4) is 5.75 Å². The van der Waals surface area contributed by atoms with Crippen LogP contribution in [0.15, 0.2) is 24.3 Å². The number of benzene rings is 1. The van der Waals surface area contributed by atoms with E-state index < -0.39 is 6.10 Å². The fourth-order valence-corrected chi connectivity index (χ4v) is 4.57. The van der Waals surface area contributed by atoms with Crippen LogP contribution in [0.25, 0.3) is 0 Å². The summed E-state index contributed by atoms with van der Waals surface area (Å²) in [4.78, 5) is 4.75. The Morgan fingerprint density at radius 2 is 1.89 bits per heavy atom. The van der Waals surface area contributed by atoms with Crippen LogP contribution < -0.4 is 4.74 Å². The molecule has 2 aliphatic rings. The monoisotopic (exact) mass is 390 g/mol. The van der Waals surface area contributed by atoms with Crippen LogP contribution >= 0.6 is 0 Å². The van der Waals surface area contributed by atoms with Crippen molar-refractivity contribution in [2.24, 2.45) is 5.92 Å². The summed E-state index contributed by atoms with van der Waals surface area (Å²) >= 11 is 0. The van der Waals surface area contributed by atoms with Crippen molar-refractivity contribution >= 4 is 0 Å². The summed E-state index contributed by atoms with van der Waals surface area (Å²) in [7, 11) is 2.12. The molecule has 1 aliphatic carbocycles. The van der Waals surface area contributed by atoms with E-state index in [1.54, 1.807) is 0 Å². The Labute approximate surface area is 170 Å². The van der Waals surface area contributed by atoms with Crippen LogP contribution in [0.2, 0.25) is 0 Å². The van der Waals surface area contributed by atoms with Gasteiger partial charge in [-0.05, 0) is 69.4 Å². The molecule has 0 spiro atoms. The Balaban J connectivity index is 1.41. The first-order chi connectivity index (χ1) is 13.6. The molecule has 0 amide bonds. The normalized spacial score (nSPS) is 21.1. The molecular weight excluding hydrogens is 352 g/mol. The fraction of sp³-hybridized carbons (Fsp3) is 0.739. The summed E-state index contributed by atoms with van der Waals surface area (Å²) in [6.45, 7) is 4.33. The molecule has 1 unspecified atom stereocenters. The summed E-state index contributed by atoms with van der Waals surface area (Å²) in [5, 5.41) is 19.7. The molecule has 0 aromatic heterocycles. The van der Waals surface area contributed by atoms with Gasteiger partial charge in [0, 0.05) is 25.7 Å². The molecule has 1 aromatic rings. The van der Waals surface area contributed by atoms with Crippen LogP contribution in [-0.4, -0.2) is 72.1 Å². The van der Waals surface area contributed by atoms with Crippen LogP contribution in [0.5, 0.6) is 5.75 Å². The maximum absolute atomic E-state index is 10.4. The third-order valence-corrected chi connectivity index (χ3v) is 6.41. The van der Waals surface area contributed by atoms with Crippen molar-refractivity contribution in [3.05, 3.63) is 29.8 Å². The van der Waals surface area contributed by atoms with Gasteiger partial charge in [0.05, 0.1) is 0 Å². The summed E-state index contributed by atoms with van der Waals surface area (Å²) < 4.78 is 5.89. The maximum Gasteiger partial charge on any atom is 0.119 e. The number of ether oxygens (including phenoxy) is 1. The molecule has 2 fully saturated rings. The van der Waals surface area contributed by atoms with Gasteiger partial charge in [-0.2, -0.15) is 0 Å². The summed E-state index contributed by atoms with van der Waals surface area (Å²) in [6, 6.07) is 8.85. The predicted octanol–water partition coefficient (Wildman–Crippen LogP) is 2.90. The highest BCUT2D eigenvalue weighted by Crippen LogP contribution is 2.22. The van der Waals surface area contributed by atoms with E-state index in [0.717, 1.165) is 38.2 Å². The van der Waals surface area contributed by atoms with Crippen molar-refractivity contribution in [3.63, 3.8) is 0 Å². The number of aliphatic hydroxyl groups is 2. The number of likely N-dealkylation sites (tertiary alicyclic amines) is 1. The number of likely N-dealkylation sites (N-methyl/N-ethyl adjacent to an activating group) is 1. The minimum atomic E-state index is -0.465. The molecule has 3 rings (SSSR count). The van der Waals surface area contributed by atoms with Gasteiger partial charge in [-0.3, -0.25) is 4.90 Å². The largest absolute Gasteiger partial charge is 0.491 e. The van der Waals surface area contributed by atoms with Crippen molar-refractivity contribution in [1.29, 1.82) is 0 Å². The van der Waals surface area contributed by atoms with Gasteiger partial charge in [0.1, 0.15) is 18.5 Å². The zero-order valence-electron chi connectivity index (χ0n) is 17.4. The molecule has 0 radical (unpaired) electrons. The second kappa shape index (κ2) is 11.1. The molecule has 1 saturated heterocycles. The minimum Gasteiger partial charge on any atom is -0.491 e. The lowest BCUT2D eigenvalue weighted by molar-refractivity contribution is 0.0561. The van der Waals surface area contributed by atoms with E-state index in [2.05, 4.69) is 29.0 Å². The molecular formula is C23H38N2O3. The lowest BCUT2D eigenvalue weighted by Gasteiger charge is -2.32. The second-order valence-electron chi connectivity index (χ2n) is 8.75. The summed E-state index contributed by atoms with van der Waals surface area (Å²) in [6.07, 6.45) is 8.17. The van der Waals surface area contributed by atoms with E-state index in [1.165, 1.54) is 37.7 Å². The van der Waals surface area contributed by atoms with E-state index in [9.17, 15) is 10.2 Å². The van der Waals surface area contributed by atoms with Crippen molar-refractivity contribution < 1.29 is 14.9 Å². The Bertz CT molecular complexity index is 569. The van der Waals surface area contributed by atoms with Gasteiger partial charge >= 0.3 is 0 Å². The molecule has 1 heterocycles. The number of piperidine rings is 1. The Morgan fingerprint density at radius 1 is 1.14 bits per heavy atom. The molecule has 1 saturated carbocycles. The molecule has 5 nitrogen and oxygen atoms in total. The highest BCUT2D eigenvalue weighted by Gasteiger charge is 2.21. The molecule has 2 N–H and O–H groups in total. The zero-order valence-corrected chi connectivity index (χ0v) is 17.4. The Hall–Kier alpha value is -1.14. The van der Waals surface area contributed by atoms with E-state index >= 15 is 0 Å². The third-order valence-electron chi connectivity index (χ3n) is 6.41. The van der Waals surface area contributed by atoms with E-state index in [4.69, 9.17) is 4.74 Å². The smallest absolute Gasteiger partial charge is 0.119 e. The Morgan fingerprint density at radius 3 is 2.61 bits per heavy atom. The summed E-state index contributed by atoms with van der Waals surface area (Å²) in [5.41, 5.74) is 1.24. The van der Waals surface area contributed by atoms with E-state index in [1.807, 2.05) is 12.1 Å². The van der Waals surface area contributed by atoms with Crippen molar-refractivity contribution in [2.75, 3.05) is 39.9 Å². The molecule has 0 bridgehead atoms. The zero-order chi connectivity index (χ0) is 19.8. The van der Waals surface area contributed by atoms with Crippen LogP contribution in [0.4, 0.5) is 0 Å². The standard InChI is InChI=1S/C23H38N2O3/c1-24(21-7-3-2-4-8-21)16-22(27)18-28-23-9-5-6-20(14-23)15-25-12-10-19(17-26)11-13-25/h5-6,9,14,19,21-22,26-27H,2-4,7-8,10-13,15-18H2,1H3.